The molecule has 0 spiro atoms. The summed E-state index contributed by atoms with van der Waals surface area (Å²) in [5, 5.41) is 9.83. The maximum absolute atomic E-state index is 10.6. The van der Waals surface area contributed by atoms with Crippen molar-refractivity contribution in [3.05, 3.63) is 36.0 Å². The number of nitrogens with zero attached hydrogens (tertiary/aromatic N) is 1. The molecule has 1 heterocycles. The Bertz CT molecular complexity index is 462. The van der Waals surface area contributed by atoms with Gasteiger partial charge in [0.1, 0.15) is 0 Å². The molecule has 0 aliphatic heterocycles. The molecule has 2 aromatic rings. The van der Waals surface area contributed by atoms with Gasteiger partial charge >= 0.3 is 6.09 Å². The molecule has 4 nitrogen and oxygen atoms in total. The van der Waals surface area contributed by atoms with Crippen LogP contribution in [0.4, 0.5) is 4.79 Å². The SMILES string of the molecule is CN(Cc1cc2ccccc2[nH]1)C(=O)O.Cl. The Labute approximate surface area is 99.3 Å². The van der Waals surface area contributed by atoms with Crippen molar-refractivity contribution in [3.63, 3.8) is 0 Å². The second-order valence-electron chi connectivity index (χ2n) is 3.52. The number of hydrogen-bond acceptors (Lipinski definition) is 1. The predicted molar refractivity (Wildman–Crippen MR) is 65.0 cm³/mol. The third-order valence-corrected chi connectivity index (χ3v) is 2.32. The highest BCUT2D eigenvalue weighted by Gasteiger charge is 2.07. The van der Waals surface area contributed by atoms with Crippen LogP contribution in [0.25, 0.3) is 10.9 Å². The number of benzene rings is 1. The average molecular weight is 241 g/mol. The number of para-hydroxylation sites is 1. The normalized spacial score (nSPS) is 9.81. The van der Waals surface area contributed by atoms with E-state index >= 15 is 0 Å². The zero-order valence-corrected chi connectivity index (χ0v) is 9.62. The minimum absolute atomic E-state index is 0. The third-order valence-electron chi connectivity index (χ3n) is 2.32. The predicted octanol–water partition coefficient (Wildman–Crippen LogP) is 2.70. The van der Waals surface area contributed by atoms with Gasteiger partial charge in [0.2, 0.25) is 0 Å². The highest BCUT2D eigenvalue weighted by atomic mass is 35.5. The summed E-state index contributed by atoms with van der Waals surface area (Å²) < 4.78 is 0. The Balaban J connectivity index is 0.00000128. The Morgan fingerprint density at radius 3 is 2.75 bits per heavy atom. The summed E-state index contributed by atoms with van der Waals surface area (Å²) in [6.07, 6.45) is -0.923. The van der Waals surface area contributed by atoms with Crippen molar-refractivity contribution in [1.82, 2.24) is 9.88 Å². The fraction of sp³-hybridized carbons (Fsp3) is 0.182. The lowest BCUT2D eigenvalue weighted by Crippen LogP contribution is -2.23. The molecule has 0 saturated heterocycles. The summed E-state index contributed by atoms with van der Waals surface area (Å²) >= 11 is 0. The third kappa shape index (κ3) is 2.46. The van der Waals surface area contributed by atoms with Gasteiger partial charge in [-0.1, -0.05) is 18.2 Å². The van der Waals surface area contributed by atoms with Crippen LogP contribution in [0.1, 0.15) is 5.69 Å². The summed E-state index contributed by atoms with van der Waals surface area (Å²) in [5.41, 5.74) is 1.94. The number of fused-ring (bicyclic) bond motifs is 1. The second-order valence-corrected chi connectivity index (χ2v) is 3.52. The number of nitrogens with one attached hydrogen (secondary N) is 1. The zero-order valence-electron chi connectivity index (χ0n) is 8.80. The maximum Gasteiger partial charge on any atom is 0.407 e. The summed E-state index contributed by atoms with van der Waals surface area (Å²) in [7, 11) is 1.55. The van der Waals surface area contributed by atoms with Gasteiger partial charge in [0.05, 0.1) is 6.54 Å². The quantitative estimate of drug-likeness (QED) is 0.848. The van der Waals surface area contributed by atoms with Gasteiger partial charge in [0, 0.05) is 18.3 Å². The van der Waals surface area contributed by atoms with E-state index in [1.165, 1.54) is 4.90 Å². The van der Waals surface area contributed by atoms with Crippen molar-refractivity contribution in [2.45, 2.75) is 6.54 Å². The highest BCUT2D eigenvalue weighted by molar-refractivity contribution is 5.85. The van der Waals surface area contributed by atoms with E-state index in [0.29, 0.717) is 6.54 Å². The van der Waals surface area contributed by atoms with Gasteiger partial charge in [-0.15, -0.1) is 12.4 Å². The molecule has 0 unspecified atom stereocenters. The van der Waals surface area contributed by atoms with Crippen LogP contribution in [-0.4, -0.2) is 28.1 Å². The number of hydrogen-bond donors (Lipinski definition) is 2. The Kier molecular flexibility index (Phi) is 3.79. The molecule has 0 aliphatic rings. The van der Waals surface area contributed by atoms with Crippen molar-refractivity contribution in [2.24, 2.45) is 0 Å². The highest BCUT2D eigenvalue weighted by Crippen LogP contribution is 2.15. The fourth-order valence-corrected chi connectivity index (χ4v) is 1.54. The second kappa shape index (κ2) is 4.90. The topological polar surface area (TPSA) is 56.3 Å². The number of rotatable bonds is 2. The molecular formula is C11H13ClN2O2. The lowest BCUT2D eigenvalue weighted by molar-refractivity contribution is 0.153. The first kappa shape index (κ1) is 12.4. The lowest BCUT2D eigenvalue weighted by atomic mass is 10.2. The van der Waals surface area contributed by atoms with Gasteiger partial charge in [-0.2, -0.15) is 0 Å². The molecule has 2 rings (SSSR count). The van der Waals surface area contributed by atoms with Crippen LogP contribution in [0.2, 0.25) is 0 Å². The zero-order chi connectivity index (χ0) is 10.8. The van der Waals surface area contributed by atoms with Gasteiger partial charge in [-0.25, -0.2) is 4.79 Å². The molecule has 2 N–H and O–H groups in total. The Morgan fingerprint density at radius 2 is 2.12 bits per heavy atom. The van der Waals surface area contributed by atoms with Crippen LogP contribution in [0.15, 0.2) is 30.3 Å². The van der Waals surface area contributed by atoms with E-state index in [1.54, 1.807) is 7.05 Å². The summed E-state index contributed by atoms with van der Waals surface area (Å²) in [4.78, 5) is 15.0. The van der Waals surface area contributed by atoms with E-state index < -0.39 is 6.09 Å². The van der Waals surface area contributed by atoms with E-state index in [4.69, 9.17) is 5.11 Å². The number of amides is 1. The number of H-pyrrole nitrogens is 1. The lowest BCUT2D eigenvalue weighted by Gasteiger charge is -2.10. The number of carbonyl (C=O) groups is 1. The van der Waals surface area contributed by atoms with E-state index in [2.05, 4.69) is 4.98 Å². The monoisotopic (exact) mass is 240 g/mol. The molecule has 0 saturated carbocycles. The molecule has 1 amide bonds. The molecule has 86 valence electrons. The number of aromatic nitrogens is 1. The van der Waals surface area contributed by atoms with Gasteiger partial charge < -0.3 is 15.0 Å². The standard InChI is InChI=1S/C11H12N2O2.ClH/c1-13(11(14)15)7-9-6-8-4-2-3-5-10(8)12-9;/h2-6,12H,7H2,1H3,(H,14,15);1H. The Morgan fingerprint density at radius 1 is 1.44 bits per heavy atom. The van der Waals surface area contributed by atoms with Gasteiger partial charge in [0.15, 0.2) is 0 Å². The molecule has 0 aliphatic carbocycles. The first-order valence-corrected chi connectivity index (χ1v) is 4.67. The fourth-order valence-electron chi connectivity index (χ4n) is 1.54. The number of aromatic amines is 1. The molecule has 1 aromatic carbocycles. The smallest absolute Gasteiger partial charge is 0.407 e. The van der Waals surface area contributed by atoms with E-state index in [1.807, 2.05) is 30.3 Å². The van der Waals surface area contributed by atoms with Crippen LogP contribution in [0, 0.1) is 0 Å². The largest absolute Gasteiger partial charge is 0.465 e. The van der Waals surface area contributed by atoms with Crippen molar-refractivity contribution in [3.8, 4) is 0 Å². The van der Waals surface area contributed by atoms with Crippen LogP contribution in [0.3, 0.4) is 0 Å². The van der Waals surface area contributed by atoms with Crippen LogP contribution < -0.4 is 0 Å². The van der Waals surface area contributed by atoms with Crippen molar-refractivity contribution < 1.29 is 9.90 Å². The molecule has 1 aromatic heterocycles. The van der Waals surface area contributed by atoms with Crippen molar-refractivity contribution in [2.75, 3.05) is 7.05 Å². The molecule has 0 fully saturated rings. The summed E-state index contributed by atoms with van der Waals surface area (Å²) in [5.74, 6) is 0. The molecular weight excluding hydrogens is 228 g/mol. The van der Waals surface area contributed by atoms with Gasteiger partial charge in [-0.05, 0) is 17.5 Å². The maximum atomic E-state index is 10.6. The minimum Gasteiger partial charge on any atom is -0.465 e. The van der Waals surface area contributed by atoms with Crippen LogP contribution in [-0.2, 0) is 6.54 Å². The minimum atomic E-state index is -0.923. The molecule has 0 radical (unpaired) electrons. The molecule has 0 atom stereocenters. The van der Waals surface area contributed by atoms with Crippen LogP contribution >= 0.6 is 12.4 Å². The number of halogens is 1. The summed E-state index contributed by atoms with van der Waals surface area (Å²) in [6, 6.07) is 9.84. The van der Waals surface area contributed by atoms with E-state index in [0.717, 1.165) is 16.6 Å². The van der Waals surface area contributed by atoms with E-state index in [9.17, 15) is 4.79 Å². The first-order valence-electron chi connectivity index (χ1n) is 4.67. The van der Waals surface area contributed by atoms with Gasteiger partial charge in [-0.3, -0.25) is 0 Å². The number of carboxylic acid groups (broad SMARTS) is 1. The van der Waals surface area contributed by atoms with E-state index in [-0.39, 0.29) is 12.4 Å². The molecule has 0 bridgehead atoms. The first-order chi connectivity index (χ1) is 7.16. The van der Waals surface area contributed by atoms with Crippen LogP contribution in [0.5, 0.6) is 0 Å². The molecule has 16 heavy (non-hydrogen) atoms. The van der Waals surface area contributed by atoms with Crippen molar-refractivity contribution in [1.29, 1.82) is 0 Å². The van der Waals surface area contributed by atoms with Gasteiger partial charge in [0.25, 0.3) is 0 Å². The molecule has 5 heteroatoms. The van der Waals surface area contributed by atoms with Crippen molar-refractivity contribution >= 4 is 29.4 Å². The summed E-state index contributed by atoms with van der Waals surface area (Å²) in [6.45, 7) is 0.379. The average Bonchev–Trinajstić information content (AvgIpc) is 2.59. The Hall–Kier alpha value is -1.68.